The quantitative estimate of drug-likeness (QED) is 0.763. The molecule has 96 valence electrons. The number of ether oxygens (including phenoxy) is 1. The first kappa shape index (κ1) is 12.9. The topological polar surface area (TPSA) is 48.4 Å². The molecule has 0 unspecified atom stereocenters. The van der Waals surface area contributed by atoms with Gasteiger partial charge in [-0.1, -0.05) is 30.3 Å². The molecule has 0 amide bonds. The monoisotopic (exact) mass is 245 g/mol. The van der Waals surface area contributed by atoms with E-state index < -0.39 is 0 Å². The van der Waals surface area contributed by atoms with E-state index in [0.717, 1.165) is 30.8 Å². The Balaban J connectivity index is 1.65. The minimum absolute atomic E-state index is 0.426. The SMILES string of the molecule is NCc1occc1COCCCc1ccccc1. The lowest BCUT2D eigenvalue weighted by Crippen LogP contribution is -2.02. The number of hydrogen-bond acceptors (Lipinski definition) is 3. The first-order chi connectivity index (χ1) is 8.90. The fourth-order valence-electron chi connectivity index (χ4n) is 1.88. The molecular weight excluding hydrogens is 226 g/mol. The number of rotatable bonds is 7. The van der Waals surface area contributed by atoms with Crippen LogP contribution >= 0.6 is 0 Å². The molecule has 1 aromatic carbocycles. The zero-order chi connectivity index (χ0) is 12.6. The highest BCUT2D eigenvalue weighted by Gasteiger charge is 2.03. The van der Waals surface area contributed by atoms with Crippen molar-refractivity contribution in [1.29, 1.82) is 0 Å². The maximum atomic E-state index is 5.63. The Kier molecular flexibility index (Phi) is 5.00. The Morgan fingerprint density at radius 3 is 2.72 bits per heavy atom. The van der Waals surface area contributed by atoms with Crippen LogP contribution in [0.2, 0.25) is 0 Å². The van der Waals surface area contributed by atoms with E-state index in [4.69, 9.17) is 14.9 Å². The second-order valence-electron chi connectivity index (χ2n) is 4.21. The highest BCUT2D eigenvalue weighted by atomic mass is 16.5. The number of benzene rings is 1. The number of hydrogen-bond donors (Lipinski definition) is 1. The minimum Gasteiger partial charge on any atom is -0.468 e. The van der Waals surface area contributed by atoms with Crippen molar-refractivity contribution >= 4 is 0 Å². The molecule has 0 saturated carbocycles. The summed E-state index contributed by atoms with van der Waals surface area (Å²) in [6.45, 7) is 1.76. The van der Waals surface area contributed by atoms with E-state index in [0.29, 0.717) is 13.2 Å². The summed E-state index contributed by atoms with van der Waals surface area (Å²) in [7, 11) is 0. The average molecular weight is 245 g/mol. The number of aryl methyl sites for hydroxylation is 1. The summed E-state index contributed by atoms with van der Waals surface area (Å²) < 4.78 is 10.9. The molecule has 0 spiro atoms. The molecule has 3 nitrogen and oxygen atoms in total. The second kappa shape index (κ2) is 6.99. The van der Waals surface area contributed by atoms with Crippen molar-refractivity contribution in [1.82, 2.24) is 0 Å². The third kappa shape index (κ3) is 3.72. The van der Waals surface area contributed by atoms with Crippen molar-refractivity contribution in [3.05, 3.63) is 59.5 Å². The van der Waals surface area contributed by atoms with Gasteiger partial charge < -0.3 is 14.9 Å². The first-order valence-electron chi connectivity index (χ1n) is 6.27. The van der Waals surface area contributed by atoms with Gasteiger partial charge in [0.15, 0.2) is 0 Å². The van der Waals surface area contributed by atoms with Crippen LogP contribution in [0.15, 0.2) is 47.1 Å². The van der Waals surface area contributed by atoms with Gasteiger partial charge in [0.25, 0.3) is 0 Å². The fraction of sp³-hybridized carbons (Fsp3) is 0.333. The van der Waals surface area contributed by atoms with E-state index in [1.54, 1.807) is 6.26 Å². The molecule has 2 N–H and O–H groups in total. The van der Waals surface area contributed by atoms with Gasteiger partial charge in [-0.25, -0.2) is 0 Å². The molecule has 0 atom stereocenters. The van der Waals surface area contributed by atoms with Crippen LogP contribution in [0.3, 0.4) is 0 Å². The molecule has 2 rings (SSSR count). The van der Waals surface area contributed by atoms with Crippen molar-refractivity contribution in [3.8, 4) is 0 Å². The fourth-order valence-corrected chi connectivity index (χ4v) is 1.88. The van der Waals surface area contributed by atoms with E-state index in [-0.39, 0.29) is 0 Å². The predicted octanol–water partition coefficient (Wildman–Crippen LogP) is 2.89. The summed E-state index contributed by atoms with van der Waals surface area (Å²) in [6.07, 6.45) is 3.74. The summed E-state index contributed by atoms with van der Waals surface area (Å²) in [4.78, 5) is 0. The van der Waals surface area contributed by atoms with Crippen molar-refractivity contribution in [2.45, 2.75) is 26.0 Å². The van der Waals surface area contributed by atoms with Crippen LogP contribution in [0.4, 0.5) is 0 Å². The Hall–Kier alpha value is -1.58. The van der Waals surface area contributed by atoms with Crippen LogP contribution in [-0.4, -0.2) is 6.61 Å². The minimum atomic E-state index is 0.426. The molecule has 0 aliphatic heterocycles. The van der Waals surface area contributed by atoms with Gasteiger partial charge in [0.2, 0.25) is 0 Å². The van der Waals surface area contributed by atoms with Crippen molar-refractivity contribution in [3.63, 3.8) is 0 Å². The van der Waals surface area contributed by atoms with Crippen molar-refractivity contribution in [2.24, 2.45) is 5.73 Å². The van der Waals surface area contributed by atoms with E-state index in [9.17, 15) is 0 Å². The Morgan fingerprint density at radius 1 is 1.11 bits per heavy atom. The molecular formula is C15H19NO2. The van der Waals surface area contributed by atoms with Gasteiger partial charge in [-0.05, 0) is 24.5 Å². The van der Waals surface area contributed by atoms with E-state index in [2.05, 4.69) is 24.3 Å². The lowest BCUT2D eigenvalue weighted by Gasteiger charge is -2.04. The molecule has 0 aliphatic rings. The van der Waals surface area contributed by atoms with Crippen LogP contribution in [0, 0.1) is 0 Å². The smallest absolute Gasteiger partial charge is 0.122 e. The molecule has 2 aromatic rings. The standard InChI is InChI=1S/C15H19NO2/c16-11-15-14(8-10-18-15)12-17-9-4-7-13-5-2-1-3-6-13/h1-3,5-6,8,10H,4,7,9,11-12,16H2. The molecule has 1 heterocycles. The van der Waals surface area contributed by atoms with Crippen LogP contribution in [0.5, 0.6) is 0 Å². The molecule has 0 bridgehead atoms. The van der Waals surface area contributed by atoms with Crippen LogP contribution in [-0.2, 0) is 24.3 Å². The zero-order valence-electron chi connectivity index (χ0n) is 10.5. The van der Waals surface area contributed by atoms with Crippen LogP contribution in [0.25, 0.3) is 0 Å². The molecule has 1 aromatic heterocycles. The van der Waals surface area contributed by atoms with E-state index in [1.807, 2.05) is 12.1 Å². The highest BCUT2D eigenvalue weighted by molar-refractivity contribution is 5.16. The van der Waals surface area contributed by atoms with Crippen LogP contribution in [0.1, 0.15) is 23.3 Å². The molecule has 0 saturated heterocycles. The molecule has 3 heteroatoms. The van der Waals surface area contributed by atoms with Gasteiger partial charge >= 0.3 is 0 Å². The normalized spacial score (nSPS) is 10.7. The Labute approximate surface area is 108 Å². The zero-order valence-corrected chi connectivity index (χ0v) is 10.5. The average Bonchev–Trinajstić information content (AvgIpc) is 2.87. The third-order valence-corrected chi connectivity index (χ3v) is 2.88. The molecule has 18 heavy (non-hydrogen) atoms. The van der Waals surface area contributed by atoms with Gasteiger partial charge in [0, 0.05) is 12.2 Å². The highest BCUT2D eigenvalue weighted by Crippen LogP contribution is 2.11. The summed E-state index contributed by atoms with van der Waals surface area (Å²) in [5.74, 6) is 0.818. The van der Waals surface area contributed by atoms with Gasteiger partial charge in [-0.15, -0.1) is 0 Å². The maximum absolute atomic E-state index is 5.63. The number of nitrogens with two attached hydrogens (primary N) is 1. The molecule has 0 fully saturated rings. The second-order valence-corrected chi connectivity index (χ2v) is 4.21. The summed E-state index contributed by atoms with van der Waals surface area (Å²) in [5.41, 5.74) is 7.96. The summed E-state index contributed by atoms with van der Waals surface area (Å²) in [5, 5.41) is 0. The lowest BCUT2D eigenvalue weighted by molar-refractivity contribution is 0.117. The summed E-state index contributed by atoms with van der Waals surface area (Å²) >= 11 is 0. The third-order valence-electron chi connectivity index (χ3n) is 2.88. The maximum Gasteiger partial charge on any atom is 0.122 e. The lowest BCUT2D eigenvalue weighted by atomic mass is 10.1. The molecule has 0 radical (unpaired) electrons. The van der Waals surface area contributed by atoms with Crippen molar-refractivity contribution < 1.29 is 9.15 Å². The van der Waals surface area contributed by atoms with E-state index >= 15 is 0 Å². The van der Waals surface area contributed by atoms with Gasteiger partial charge in [0.05, 0.1) is 19.4 Å². The van der Waals surface area contributed by atoms with Crippen LogP contribution < -0.4 is 5.73 Å². The largest absolute Gasteiger partial charge is 0.468 e. The first-order valence-corrected chi connectivity index (χ1v) is 6.27. The predicted molar refractivity (Wildman–Crippen MR) is 71.0 cm³/mol. The van der Waals surface area contributed by atoms with Gasteiger partial charge in [-0.3, -0.25) is 0 Å². The van der Waals surface area contributed by atoms with Gasteiger partial charge in [-0.2, -0.15) is 0 Å². The summed E-state index contributed by atoms with van der Waals surface area (Å²) in [6, 6.07) is 12.4. The number of furan rings is 1. The van der Waals surface area contributed by atoms with E-state index in [1.165, 1.54) is 5.56 Å². The Morgan fingerprint density at radius 2 is 1.94 bits per heavy atom. The van der Waals surface area contributed by atoms with Crippen molar-refractivity contribution in [2.75, 3.05) is 6.61 Å². The Bertz CT molecular complexity index is 451. The molecule has 0 aliphatic carbocycles. The van der Waals surface area contributed by atoms with Gasteiger partial charge in [0.1, 0.15) is 5.76 Å².